The minimum atomic E-state index is -0.474. The summed E-state index contributed by atoms with van der Waals surface area (Å²) in [6.07, 6.45) is 1.75. The summed E-state index contributed by atoms with van der Waals surface area (Å²) >= 11 is 1.31. The summed E-state index contributed by atoms with van der Waals surface area (Å²) in [7, 11) is 0. The fourth-order valence-corrected chi connectivity index (χ4v) is 4.19. The molecular formula is C23H14FN5O2S. The standard InChI is InChI=1S/C23H14FN5O2S/c24-15-5-1-13(2-6-15)12-31-16-7-3-14(4-8-16)18-17(11-25)20(26)27-21-19(18)22(30)28-23-29(21)9-10-32-23/h1-10H,12H2,(H2,26,27). The maximum absolute atomic E-state index is 13.0. The molecule has 2 N–H and O–H groups in total. The number of nitrogens with zero attached hydrogens (tertiary/aromatic N) is 4. The van der Waals surface area contributed by atoms with E-state index in [2.05, 4.69) is 16.0 Å². The predicted molar refractivity (Wildman–Crippen MR) is 120 cm³/mol. The number of hydrogen-bond donors (Lipinski definition) is 1. The summed E-state index contributed by atoms with van der Waals surface area (Å²) in [5, 5.41) is 11.7. The molecule has 9 heteroatoms. The monoisotopic (exact) mass is 443 g/mol. The first kappa shape index (κ1) is 19.7. The van der Waals surface area contributed by atoms with E-state index < -0.39 is 5.56 Å². The number of ether oxygens (including phenoxy) is 1. The lowest BCUT2D eigenvalue weighted by atomic mass is 9.98. The van der Waals surface area contributed by atoms with Gasteiger partial charge in [-0.2, -0.15) is 10.2 Å². The molecule has 0 bridgehead atoms. The van der Waals surface area contributed by atoms with Crippen LogP contribution in [0.5, 0.6) is 5.75 Å². The highest BCUT2D eigenvalue weighted by atomic mass is 32.1. The molecular weight excluding hydrogens is 429 g/mol. The molecule has 156 valence electrons. The number of hydrogen-bond acceptors (Lipinski definition) is 7. The molecule has 5 rings (SSSR count). The summed E-state index contributed by atoms with van der Waals surface area (Å²) in [6.45, 7) is 0.273. The SMILES string of the molecule is N#Cc1c(N)nc2c(c1-c1ccc(OCc3ccc(F)cc3)cc1)c(=O)nc1sccn12. The summed E-state index contributed by atoms with van der Waals surface area (Å²) in [4.78, 5) is 21.8. The molecule has 0 aliphatic carbocycles. The highest BCUT2D eigenvalue weighted by Gasteiger charge is 2.20. The van der Waals surface area contributed by atoms with Gasteiger partial charge in [0.15, 0.2) is 10.6 Å². The average Bonchev–Trinajstić information content (AvgIpc) is 3.27. The van der Waals surface area contributed by atoms with Crippen LogP contribution in [0.1, 0.15) is 11.1 Å². The third-order valence-electron chi connectivity index (χ3n) is 5.01. The van der Waals surface area contributed by atoms with Crippen LogP contribution in [0.3, 0.4) is 0 Å². The molecule has 3 aromatic heterocycles. The Morgan fingerprint density at radius 1 is 1.12 bits per heavy atom. The van der Waals surface area contributed by atoms with Crippen molar-refractivity contribution in [1.29, 1.82) is 5.26 Å². The number of fused-ring (bicyclic) bond motifs is 3. The fourth-order valence-electron chi connectivity index (χ4n) is 3.49. The number of pyridine rings is 1. The number of nitrogen functional groups attached to an aromatic ring is 1. The number of nitriles is 1. The van der Waals surface area contributed by atoms with Crippen molar-refractivity contribution < 1.29 is 9.13 Å². The molecule has 0 unspecified atom stereocenters. The van der Waals surface area contributed by atoms with Gasteiger partial charge in [0.1, 0.15) is 35.6 Å². The van der Waals surface area contributed by atoms with Gasteiger partial charge in [0.25, 0.3) is 5.56 Å². The second kappa shape index (κ2) is 7.76. The summed E-state index contributed by atoms with van der Waals surface area (Å²) < 4.78 is 20.5. The van der Waals surface area contributed by atoms with Gasteiger partial charge in [0, 0.05) is 17.1 Å². The van der Waals surface area contributed by atoms with Gasteiger partial charge in [-0.15, -0.1) is 11.3 Å². The number of aromatic nitrogens is 3. The Labute approximate surface area is 184 Å². The molecule has 3 heterocycles. The number of anilines is 1. The van der Waals surface area contributed by atoms with Crippen molar-refractivity contribution in [2.75, 3.05) is 5.73 Å². The first-order valence-corrected chi connectivity index (χ1v) is 10.4. The number of thiazole rings is 1. The molecule has 0 aliphatic rings. The van der Waals surface area contributed by atoms with E-state index in [0.29, 0.717) is 27.5 Å². The van der Waals surface area contributed by atoms with Gasteiger partial charge in [-0.05, 0) is 35.4 Å². The second-order valence-corrected chi connectivity index (χ2v) is 7.84. The lowest BCUT2D eigenvalue weighted by Gasteiger charge is -2.12. The maximum Gasteiger partial charge on any atom is 0.284 e. The van der Waals surface area contributed by atoms with E-state index in [9.17, 15) is 14.4 Å². The fraction of sp³-hybridized carbons (Fsp3) is 0.0435. The van der Waals surface area contributed by atoms with Gasteiger partial charge >= 0.3 is 0 Å². The topological polar surface area (TPSA) is 106 Å². The number of rotatable bonds is 4. The van der Waals surface area contributed by atoms with E-state index in [1.807, 2.05) is 0 Å². The van der Waals surface area contributed by atoms with Crippen LogP contribution in [0.25, 0.3) is 27.1 Å². The van der Waals surface area contributed by atoms with Gasteiger partial charge < -0.3 is 10.5 Å². The summed E-state index contributed by atoms with van der Waals surface area (Å²) in [5.41, 5.74) is 7.90. The van der Waals surface area contributed by atoms with Crippen LogP contribution >= 0.6 is 11.3 Å². The van der Waals surface area contributed by atoms with Crippen molar-refractivity contribution >= 4 is 33.1 Å². The molecule has 2 aromatic carbocycles. The van der Waals surface area contributed by atoms with Gasteiger partial charge in [0.05, 0.1) is 5.39 Å². The highest BCUT2D eigenvalue weighted by Crippen LogP contribution is 2.33. The van der Waals surface area contributed by atoms with Crippen LogP contribution in [0.15, 0.2) is 64.9 Å². The highest BCUT2D eigenvalue weighted by molar-refractivity contribution is 7.15. The predicted octanol–water partition coefficient (Wildman–Crippen LogP) is 4.14. The third kappa shape index (κ3) is 3.33. The Balaban J connectivity index is 1.58. The van der Waals surface area contributed by atoms with Crippen molar-refractivity contribution in [2.45, 2.75) is 6.61 Å². The molecule has 32 heavy (non-hydrogen) atoms. The van der Waals surface area contributed by atoms with E-state index in [1.54, 1.807) is 52.4 Å². The van der Waals surface area contributed by atoms with Gasteiger partial charge in [0.2, 0.25) is 0 Å². The molecule has 0 radical (unpaired) electrons. The zero-order chi connectivity index (χ0) is 22.2. The quantitative estimate of drug-likeness (QED) is 0.447. The van der Waals surface area contributed by atoms with Crippen molar-refractivity contribution in [3.05, 3.63) is 87.4 Å². The smallest absolute Gasteiger partial charge is 0.284 e. The van der Waals surface area contributed by atoms with Crippen LogP contribution in [-0.2, 0) is 6.61 Å². The Hall–Kier alpha value is -4.29. The minimum Gasteiger partial charge on any atom is -0.489 e. The zero-order valence-electron chi connectivity index (χ0n) is 16.4. The van der Waals surface area contributed by atoms with Crippen molar-refractivity contribution in [1.82, 2.24) is 14.4 Å². The molecule has 0 aliphatic heterocycles. The van der Waals surface area contributed by atoms with Crippen LogP contribution in [0.2, 0.25) is 0 Å². The first-order valence-electron chi connectivity index (χ1n) is 9.52. The van der Waals surface area contributed by atoms with E-state index in [0.717, 1.165) is 5.56 Å². The molecule has 0 amide bonds. The molecule has 0 atom stereocenters. The van der Waals surface area contributed by atoms with Crippen LogP contribution in [0.4, 0.5) is 10.2 Å². The lowest BCUT2D eigenvalue weighted by molar-refractivity contribution is 0.306. The van der Waals surface area contributed by atoms with Gasteiger partial charge in [-0.1, -0.05) is 24.3 Å². The first-order chi connectivity index (χ1) is 15.5. The summed E-state index contributed by atoms with van der Waals surface area (Å²) in [6, 6.07) is 15.1. The largest absolute Gasteiger partial charge is 0.489 e. The van der Waals surface area contributed by atoms with Crippen molar-refractivity contribution in [2.24, 2.45) is 0 Å². The van der Waals surface area contributed by atoms with Crippen LogP contribution in [0, 0.1) is 17.1 Å². The van der Waals surface area contributed by atoms with Crippen molar-refractivity contribution in [3.63, 3.8) is 0 Å². The summed E-state index contributed by atoms with van der Waals surface area (Å²) in [5.74, 6) is 0.315. The molecule has 0 saturated carbocycles. The van der Waals surface area contributed by atoms with Crippen LogP contribution < -0.4 is 16.0 Å². The Kier molecular flexibility index (Phi) is 4.77. The van der Waals surface area contributed by atoms with E-state index in [1.165, 1.54) is 23.5 Å². The second-order valence-electron chi connectivity index (χ2n) is 6.97. The van der Waals surface area contributed by atoms with E-state index in [-0.39, 0.29) is 29.2 Å². The van der Waals surface area contributed by atoms with E-state index in [4.69, 9.17) is 10.5 Å². The molecule has 7 nitrogen and oxygen atoms in total. The van der Waals surface area contributed by atoms with Gasteiger partial charge in [-0.3, -0.25) is 9.20 Å². The van der Waals surface area contributed by atoms with E-state index >= 15 is 0 Å². The zero-order valence-corrected chi connectivity index (χ0v) is 17.3. The molecule has 0 fully saturated rings. The number of halogens is 1. The lowest BCUT2D eigenvalue weighted by Crippen LogP contribution is -2.13. The Bertz CT molecular complexity index is 1570. The van der Waals surface area contributed by atoms with Crippen LogP contribution in [-0.4, -0.2) is 14.4 Å². The molecule has 5 aromatic rings. The van der Waals surface area contributed by atoms with Gasteiger partial charge in [-0.25, -0.2) is 9.37 Å². The average molecular weight is 443 g/mol. The Morgan fingerprint density at radius 3 is 2.59 bits per heavy atom. The maximum atomic E-state index is 13.0. The molecule has 0 spiro atoms. The molecule has 0 saturated heterocycles. The minimum absolute atomic E-state index is 0.0391. The number of benzene rings is 2. The van der Waals surface area contributed by atoms with Crippen molar-refractivity contribution in [3.8, 4) is 22.9 Å². The normalized spacial score (nSPS) is 11.0. The Morgan fingerprint density at radius 2 is 1.88 bits per heavy atom. The number of nitrogens with two attached hydrogens (primary N) is 1. The third-order valence-corrected chi connectivity index (χ3v) is 5.76.